The van der Waals surface area contributed by atoms with Crippen LogP contribution in [0, 0.1) is 11.3 Å². The average Bonchev–Trinajstić information content (AvgIpc) is 2.38. The largest absolute Gasteiger partial charge is 0.490 e. The van der Waals surface area contributed by atoms with E-state index in [-0.39, 0.29) is 0 Å². The molecule has 0 saturated carbocycles. The standard InChI is InChI=1S/C14H19NO2/c1-2-3-6-9-16-10-11-17-14-8-5-4-7-13(14)12-15/h4-5,7-8H,2-3,6,9-11H2,1H3. The van der Waals surface area contributed by atoms with Crippen molar-refractivity contribution in [2.24, 2.45) is 0 Å². The maximum atomic E-state index is 8.86. The van der Waals surface area contributed by atoms with Crippen molar-refractivity contribution >= 4 is 0 Å². The van der Waals surface area contributed by atoms with Gasteiger partial charge in [0, 0.05) is 6.61 Å². The van der Waals surface area contributed by atoms with Crippen LogP contribution in [0.4, 0.5) is 0 Å². The van der Waals surface area contributed by atoms with Gasteiger partial charge in [-0.05, 0) is 18.6 Å². The number of benzene rings is 1. The fourth-order valence-electron chi connectivity index (χ4n) is 1.45. The maximum absolute atomic E-state index is 8.86. The highest BCUT2D eigenvalue weighted by Crippen LogP contribution is 2.16. The highest BCUT2D eigenvalue weighted by molar-refractivity contribution is 5.42. The lowest BCUT2D eigenvalue weighted by molar-refractivity contribution is 0.0972. The molecule has 0 bridgehead atoms. The van der Waals surface area contributed by atoms with Gasteiger partial charge < -0.3 is 9.47 Å². The molecule has 17 heavy (non-hydrogen) atoms. The zero-order valence-corrected chi connectivity index (χ0v) is 10.3. The summed E-state index contributed by atoms with van der Waals surface area (Å²) >= 11 is 0. The van der Waals surface area contributed by atoms with Gasteiger partial charge in [0.15, 0.2) is 0 Å². The Balaban J connectivity index is 2.16. The van der Waals surface area contributed by atoms with E-state index in [9.17, 15) is 0 Å². The smallest absolute Gasteiger partial charge is 0.137 e. The Bertz CT molecular complexity index is 357. The Morgan fingerprint density at radius 2 is 1.94 bits per heavy atom. The first-order valence-corrected chi connectivity index (χ1v) is 6.08. The van der Waals surface area contributed by atoms with E-state index in [1.54, 1.807) is 12.1 Å². The molecule has 1 aromatic carbocycles. The summed E-state index contributed by atoms with van der Waals surface area (Å²) in [6, 6.07) is 9.33. The first-order chi connectivity index (χ1) is 8.38. The topological polar surface area (TPSA) is 42.2 Å². The summed E-state index contributed by atoms with van der Waals surface area (Å²) in [5.74, 6) is 0.632. The van der Waals surface area contributed by atoms with E-state index in [1.165, 1.54) is 12.8 Å². The number of nitriles is 1. The van der Waals surface area contributed by atoms with Crippen molar-refractivity contribution in [3.63, 3.8) is 0 Å². The minimum Gasteiger partial charge on any atom is -0.490 e. The molecule has 0 aliphatic carbocycles. The zero-order chi connectivity index (χ0) is 12.3. The summed E-state index contributed by atoms with van der Waals surface area (Å²) in [6.07, 6.45) is 3.51. The van der Waals surface area contributed by atoms with Crippen LogP contribution in [-0.2, 0) is 4.74 Å². The molecule has 0 aliphatic heterocycles. The number of hydrogen-bond donors (Lipinski definition) is 0. The van der Waals surface area contributed by atoms with Crippen LogP contribution >= 0.6 is 0 Å². The summed E-state index contributed by atoms with van der Waals surface area (Å²) in [4.78, 5) is 0. The van der Waals surface area contributed by atoms with E-state index in [4.69, 9.17) is 14.7 Å². The van der Waals surface area contributed by atoms with E-state index >= 15 is 0 Å². The lowest BCUT2D eigenvalue weighted by Gasteiger charge is -2.08. The lowest BCUT2D eigenvalue weighted by Crippen LogP contribution is -2.08. The van der Waals surface area contributed by atoms with E-state index in [0.29, 0.717) is 24.5 Å². The number of hydrogen-bond acceptors (Lipinski definition) is 3. The first-order valence-electron chi connectivity index (χ1n) is 6.08. The van der Waals surface area contributed by atoms with Gasteiger partial charge in [0.05, 0.1) is 12.2 Å². The van der Waals surface area contributed by atoms with Crippen molar-refractivity contribution < 1.29 is 9.47 Å². The summed E-state index contributed by atoms with van der Waals surface area (Å²) in [7, 11) is 0. The van der Waals surface area contributed by atoms with Gasteiger partial charge in [-0.15, -0.1) is 0 Å². The third-order valence-corrected chi connectivity index (χ3v) is 2.38. The van der Waals surface area contributed by atoms with Gasteiger partial charge in [-0.3, -0.25) is 0 Å². The molecule has 0 saturated heterocycles. The van der Waals surface area contributed by atoms with Crippen LogP contribution in [-0.4, -0.2) is 19.8 Å². The normalized spacial score (nSPS) is 9.88. The SMILES string of the molecule is CCCCCOCCOc1ccccc1C#N. The molecule has 0 atom stereocenters. The van der Waals surface area contributed by atoms with Gasteiger partial charge in [0.2, 0.25) is 0 Å². The molecule has 0 N–H and O–H groups in total. The Labute approximate surface area is 103 Å². The molecule has 0 spiro atoms. The molecule has 0 fully saturated rings. The number of unbranched alkanes of at least 4 members (excludes halogenated alkanes) is 2. The second-order valence-electron chi connectivity index (χ2n) is 3.78. The van der Waals surface area contributed by atoms with Crippen molar-refractivity contribution in [1.29, 1.82) is 5.26 Å². The second-order valence-corrected chi connectivity index (χ2v) is 3.78. The minimum atomic E-state index is 0.491. The molecule has 3 nitrogen and oxygen atoms in total. The van der Waals surface area contributed by atoms with E-state index in [2.05, 4.69) is 13.0 Å². The second kappa shape index (κ2) is 8.60. The van der Waals surface area contributed by atoms with Crippen molar-refractivity contribution in [3.05, 3.63) is 29.8 Å². The molecule has 0 amide bonds. The fourth-order valence-corrected chi connectivity index (χ4v) is 1.45. The Morgan fingerprint density at radius 1 is 1.12 bits per heavy atom. The van der Waals surface area contributed by atoms with E-state index in [0.717, 1.165) is 13.0 Å². The van der Waals surface area contributed by atoms with Crippen LogP contribution in [0.15, 0.2) is 24.3 Å². The summed E-state index contributed by atoms with van der Waals surface area (Å²) in [5, 5.41) is 8.86. The van der Waals surface area contributed by atoms with Gasteiger partial charge in [0.1, 0.15) is 18.4 Å². The molecule has 0 unspecified atom stereocenters. The molecule has 0 aromatic heterocycles. The molecule has 1 rings (SSSR count). The van der Waals surface area contributed by atoms with Crippen molar-refractivity contribution in [3.8, 4) is 11.8 Å². The van der Waals surface area contributed by atoms with Gasteiger partial charge in [-0.2, -0.15) is 5.26 Å². The van der Waals surface area contributed by atoms with Crippen LogP contribution in [0.3, 0.4) is 0 Å². The molecule has 1 aromatic rings. The van der Waals surface area contributed by atoms with Crippen LogP contribution in [0.2, 0.25) is 0 Å². The molecule has 0 aliphatic rings. The average molecular weight is 233 g/mol. The predicted molar refractivity (Wildman–Crippen MR) is 67.0 cm³/mol. The van der Waals surface area contributed by atoms with Crippen molar-refractivity contribution in [2.45, 2.75) is 26.2 Å². The molecular weight excluding hydrogens is 214 g/mol. The minimum absolute atomic E-state index is 0.491. The molecule has 92 valence electrons. The lowest BCUT2D eigenvalue weighted by atomic mass is 10.2. The van der Waals surface area contributed by atoms with Gasteiger partial charge >= 0.3 is 0 Å². The summed E-state index contributed by atoms with van der Waals surface area (Å²) < 4.78 is 10.9. The highest BCUT2D eigenvalue weighted by atomic mass is 16.5. The summed E-state index contributed by atoms with van der Waals surface area (Å²) in [6.45, 7) is 4.02. The quantitative estimate of drug-likeness (QED) is 0.648. The number of rotatable bonds is 8. The maximum Gasteiger partial charge on any atom is 0.137 e. The fraction of sp³-hybridized carbons (Fsp3) is 0.500. The monoisotopic (exact) mass is 233 g/mol. The third-order valence-electron chi connectivity index (χ3n) is 2.38. The van der Waals surface area contributed by atoms with Crippen LogP contribution in [0.25, 0.3) is 0 Å². The number of ether oxygens (including phenoxy) is 2. The van der Waals surface area contributed by atoms with Crippen molar-refractivity contribution in [2.75, 3.05) is 19.8 Å². The van der Waals surface area contributed by atoms with Crippen LogP contribution < -0.4 is 4.74 Å². The predicted octanol–water partition coefficient (Wildman–Crippen LogP) is 3.14. The third kappa shape index (κ3) is 5.37. The Hall–Kier alpha value is -1.53. The van der Waals surface area contributed by atoms with Gasteiger partial charge in [-0.25, -0.2) is 0 Å². The van der Waals surface area contributed by atoms with E-state index in [1.807, 2.05) is 12.1 Å². The molecule has 0 radical (unpaired) electrons. The van der Waals surface area contributed by atoms with Gasteiger partial charge in [0.25, 0.3) is 0 Å². The van der Waals surface area contributed by atoms with Crippen molar-refractivity contribution in [1.82, 2.24) is 0 Å². The molecular formula is C14H19NO2. The molecule has 3 heteroatoms. The highest BCUT2D eigenvalue weighted by Gasteiger charge is 2.00. The molecule has 0 heterocycles. The zero-order valence-electron chi connectivity index (χ0n) is 10.3. The van der Waals surface area contributed by atoms with Crippen LogP contribution in [0.5, 0.6) is 5.75 Å². The number of para-hydroxylation sites is 1. The van der Waals surface area contributed by atoms with E-state index < -0.39 is 0 Å². The number of nitrogens with zero attached hydrogens (tertiary/aromatic N) is 1. The Kier molecular flexibility index (Phi) is 6.85. The van der Waals surface area contributed by atoms with Crippen LogP contribution in [0.1, 0.15) is 31.7 Å². The first kappa shape index (κ1) is 13.5. The summed E-state index contributed by atoms with van der Waals surface area (Å²) in [5.41, 5.74) is 0.568. The Morgan fingerprint density at radius 3 is 2.71 bits per heavy atom. The van der Waals surface area contributed by atoms with Gasteiger partial charge in [-0.1, -0.05) is 31.9 Å².